The summed E-state index contributed by atoms with van der Waals surface area (Å²) in [6, 6.07) is 20.4. The van der Waals surface area contributed by atoms with Crippen LogP contribution in [0.4, 0.5) is 5.69 Å². The van der Waals surface area contributed by atoms with Crippen LogP contribution in [0.5, 0.6) is 0 Å². The second-order valence-corrected chi connectivity index (χ2v) is 11.1. The van der Waals surface area contributed by atoms with Crippen LogP contribution in [-0.4, -0.2) is 11.6 Å². The van der Waals surface area contributed by atoms with Crippen LogP contribution >= 0.6 is 0 Å². The Labute approximate surface area is 190 Å². The minimum absolute atomic E-state index is 0.115. The molecule has 2 aromatic carbocycles. The second kappa shape index (κ2) is 7.30. The zero-order chi connectivity index (χ0) is 22.7. The molecule has 0 atom stereocenters. The van der Waals surface area contributed by atoms with E-state index in [9.17, 15) is 9.59 Å². The van der Waals surface area contributed by atoms with Crippen LogP contribution in [0.1, 0.15) is 64.9 Å². The molecule has 2 aliphatic carbocycles. The molecule has 164 valence electrons. The van der Waals surface area contributed by atoms with Gasteiger partial charge in [-0.3, -0.25) is 9.59 Å². The van der Waals surface area contributed by atoms with E-state index in [1.807, 2.05) is 36.4 Å². The van der Waals surface area contributed by atoms with Gasteiger partial charge in [-0.1, -0.05) is 76.2 Å². The summed E-state index contributed by atoms with van der Waals surface area (Å²) >= 11 is 0. The first-order valence-electron chi connectivity index (χ1n) is 11.6. The Balaban J connectivity index is 1.83. The highest BCUT2D eigenvalue weighted by molar-refractivity contribution is 6.08. The smallest absolute Gasteiger partial charge is 0.162 e. The summed E-state index contributed by atoms with van der Waals surface area (Å²) in [6.07, 6.45) is 2.66. The molecule has 2 aromatic rings. The number of rotatable bonds is 2. The quantitative estimate of drug-likeness (QED) is 0.546. The van der Waals surface area contributed by atoms with Crippen molar-refractivity contribution < 1.29 is 9.59 Å². The van der Waals surface area contributed by atoms with E-state index in [0.29, 0.717) is 12.8 Å². The highest BCUT2D eigenvalue weighted by atomic mass is 16.1. The van der Waals surface area contributed by atoms with Gasteiger partial charge in [0, 0.05) is 47.0 Å². The number of allylic oxidation sites excluding steroid dienone is 4. The molecular weight excluding hydrogens is 394 g/mol. The standard InChI is InChI=1S/C29H31NO2/c1-28(2)15-21-26(23(31)17-28)25(19-11-7-5-8-12-19)27-22(16-29(3,4)18-24(27)32)30(21)20-13-9-6-10-14-20/h5-14,25H,15-18H2,1-4H3. The molecule has 1 aliphatic heterocycles. The zero-order valence-electron chi connectivity index (χ0n) is 19.4. The first-order valence-corrected chi connectivity index (χ1v) is 11.6. The number of para-hydroxylation sites is 1. The molecule has 3 nitrogen and oxygen atoms in total. The lowest BCUT2D eigenvalue weighted by atomic mass is 9.63. The van der Waals surface area contributed by atoms with Crippen molar-refractivity contribution in [1.29, 1.82) is 0 Å². The van der Waals surface area contributed by atoms with Gasteiger partial charge in [-0.2, -0.15) is 0 Å². The van der Waals surface area contributed by atoms with Crippen molar-refractivity contribution >= 4 is 17.3 Å². The predicted molar refractivity (Wildman–Crippen MR) is 128 cm³/mol. The van der Waals surface area contributed by atoms with Crippen LogP contribution in [0.2, 0.25) is 0 Å². The minimum Gasteiger partial charge on any atom is -0.317 e. The second-order valence-electron chi connectivity index (χ2n) is 11.1. The van der Waals surface area contributed by atoms with E-state index in [1.54, 1.807) is 0 Å². The Bertz CT molecular complexity index is 1100. The summed E-state index contributed by atoms with van der Waals surface area (Å²) in [5, 5.41) is 0. The normalized spacial score (nSPS) is 22.7. The molecule has 0 spiro atoms. The van der Waals surface area contributed by atoms with Crippen LogP contribution in [0, 0.1) is 10.8 Å². The average Bonchev–Trinajstić information content (AvgIpc) is 2.72. The van der Waals surface area contributed by atoms with Crippen LogP contribution in [-0.2, 0) is 9.59 Å². The van der Waals surface area contributed by atoms with Gasteiger partial charge in [0.05, 0.1) is 0 Å². The van der Waals surface area contributed by atoms with E-state index in [0.717, 1.165) is 46.6 Å². The van der Waals surface area contributed by atoms with Gasteiger partial charge in [-0.15, -0.1) is 0 Å². The minimum atomic E-state index is -0.270. The molecule has 0 saturated carbocycles. The number of benzene rings is 2. The molecule has 3 heteroatoms. The molecule has 0 unspecified atom stereocenters. The van der Waals surface area contributed by atoms with Crippen molar-refractivity contribution in [2.24, 2.45) is 10.8 Å². The van der Waals surface area contributed by atoms with Gasteiger partial charge >= 0.3 is 0 Å². The number of hydrogen-bond acceptors (Lipinski definition) is 3. The van der Waals surface area contributed by atoms with Gasteiger partial charge in [0.25, 0.3) is 0 Å². The first kappa shape index (κ1) is 20.9. The topological polar surface area (TPSA) is 37.4 Å². The van der Waals surface area contributed by atoms with Gasteiger partial charge in [0.1, 0.15) is 0 Å². The van der Waals surface area contributed by atoms with Crippen LogP contribution in [0.3, 0.4) is 0 Å². The molecule has 1 heterocycles. The van der Waals surface area contributed by atoms with Gasteiger partial charge in [0.2, 0.25) is 0 Å². The molecule has 0 aromatic heterocycles. The Morgan fingerprint density at radius 1 is 0.656 bits per heavy atom. The third-order valence-electron chi connectivity index (χ3n) is 7.06. The van der Waals surface area contributed by atoms with Gasteiger partial charge in [-0.25, -0.2) is 0 Å². The Hall–Kier alpha value is -2.94. The fourth-order valence-corrected chi connectivity index (χ4v) is 5.83. The molecule has 0 saturated heterocycles. The maximum atomic E-state index is 13.7. The summed E-state index contributed by atoms with van der Waals surface area (Å²) in [7, 11) is 0. The number of carbonyl (C=O) groups is 2. The number of carbonyl (C=O) groups excluding carboxylic acids is 2. The summed E-state index contributed by atoms with van der Waals surface area (Å²) < 4.78 is 0. The lowest BCUT2D eigenvalue weighted by Crippen LogP contribution is -2.44. The lowest BCUT2D eigenvalue weighted by Gasteiger charge is -2.49. The summed E-state index contributed by atoms with van der Waals surface area (Å²) in [4.78, 5) is 29.7. The maximum absolute atomic E-state index is 13.7. The third kappa shape index (κ3) is 3.44. The van der Waals surface area contributed by atoms with E-state index < -0.39 is 0 Å². The van der Waals surface area contributed by atoms with Crippen molar-refractivity contribution in [3.05, 3.63) is 88.8 Å². The molecule has 5 rings (SSSR count). The van der Waals surface area contributed by atoms with Gasteiger partial charge in [-0.05, 0) is 41.4 Å². The van der Waals surface area contributed by atoms with Crippen LogP contribution in [0.15, 0.2) is 83.2 Å². The number of Topliss-reactive ketones (excluding diaryl/α,β-unsaturated/α-hetero) is 2. The predicted octanol–water partition coefficient (Wildman–Crippen LogP) is 6.58. The van der Waals surface area contributed by atoms with Crippen LogP contribution in [0.25, 0.3) is 0 Å². The van der Waals surface area contributed by atoms with E-state index >= 15 is 0 Å². The van der Waals surface area contributed by atoms with Crippen LogP contribution < -0.4 is 4.90 Å². The third-order valence-corrected chi connectivity index (χ3v) is 7.06. The number of anilines is 1. The molecule has 3 aliphatic rings. The van der Waals surface area contributed by atoms with Crippen molar-refractivity contribution in [1.82, 2.24) is 0 Å². The molecule has 0 bridgehead atoms. The highest BCUT2D eigenvalue weighted by Gasteiger charge is 2.49. The number of hydrogen-bond donors (Lipinski definition) is 0. The Morgan fingerprint density at radius 3 is 1.56 bits per heavy atom. The lowest BCUT2D eigenvalue weighted by molar-refractivity contribution is -0.119. The number of nitrogens with zero attached hydrogens (tertiary/aromatic N) is 1. The van der Waals surface area contributed by atoms with Gasteiger partial charge < -0.3 is 4.90 Å². The van der Waals surface area contributed by atoms with Crippen molar-refractivity contribution in [2.75, 3.05) is 4.90 Å². The van der Waals surface area contributed by atoms with Crippen molar-refractivity contribution in [3.63, 3.8) is 0 Å². The SMILES string of the molecule is CC1(C)CC(=O)C2=C(C1)N(c1ccccc1)C1=C(C(=O)CC(C)(C)C1)C2c1ccccc1. The van der Waals surface area contributed by atoms with E-state index in [2.05, 4.69) is 56.9 Å². The fraction of sp³-hybridized carbons (Fsp3) is 0.379. The Kier molecular flexibility index (Phi) is 4.77. The average molecular weight is 426 g/mol. The molecule has 0 fully saturated rings. The molecule has 0 N–H and O–H groups in total. The molecule has 0 amide bonds. The van der Waals surface area contributed by atoms with E-state index in [1.165, 1.54) is 0 Å². The Morgan fingerprint density at radius 2 is 1.09 bits per heavy atom. The highest BCUT2D eigenvalue weighted by Crippen LogP contribution is 2.55. The van der Waals surface area contributed by atoms with Crippen molar-refractivity contribution in [3.8, 4) is 0 Å². The molecule has 32 heavy (non-hydrogen) atoms. The first-order chi connectivity index (χ1) is 15.2. The van der Waals surface area contributed by atoms with E-state index in [-0.39, 0.29) is 28.3 Å². The summed E-state index contributed by atoms with van der Waals surface area (Å²) in [6.45, 7) is 8.70. The number of ketones is 2. The largest absolute Gasteiger partial charge is 0.317 e. The molecular formula is C29H31NO2. The van der Waals surface area contributed by atoms with Crippen molar-refractivity contribution in [2.45, 2.75) is 59.3 Å². The molecule has 0 radical (unpaired) electrons. The zero-order valence-corrected chi connectivity index (χ0v) is 19.4. The monoisotopic (exact) mass is 425 g/mol. The van der Waals surface area contributed by atoms with E-state index in [4.69, 9.17) is 0 Å². The fourth-order valence-electron chi connectivity index (χ4n) is 5.83. The summed E-state index contributed by atoms with van der Waals surface area (Å²) in [5.74, 6) is 0.0822. The van der Waals surface area contributed by atoms with Gasteiger partial charge in [0.15, 0.2) is 11.6 Å². The maximum Gasteiger partial charge on any atom is 0.162 e. The summed E-state index contributed by atoms with van der Waals surface area (Å²) in [5.41, 5.74) is 5.66.